The van der Waals surface area contributed by atoms with Crippen LogP contribution in [0.5, 0.6) is 0 Å². The molecule has 0 unspecified atom stereocenters. The van der Waals surface area contributed by atoms with Gasteiger partial charge in [0.1, 0.15) is 0 Å². The Bertz CT molecular complexity index is 181. The van der Waals surface area contributed by atoms with Gasteiger partial charge >= 0.3 is 0 Å². The van der Waals surface area contributed by atoms with Crippen LogP contribution >= 0.6 is 0 Å². The second kappa shape index (κ2) is 2.17. The molecule has 0 aromatic carbocycles. The molecule has 0 saturated heterocycles. The van der Waals surface area contributed by atoms with Gasteiger partial charge in [-0.1, -0.05) is 5.92 Å². The fourth-order valence-electron chi connectivity index (χ4n) is 0.476. The molecule has 1 aromatic heterocycles. The molecule has 1 heterocycles. The highest BCUT2D eigenvalue weighted by Gasteiger charge is 1.85. The van der Waals surface area contributed by atoms with E-state index in [1.807, 2.05) is 0 Å². The van der Waals surface area contributed by atoms with Gasteiger partial charge in [0.15, 0.2) is 0 Å². The first kappa shape index (κ1) is 4.92. The normalized spacial score (nSPS) is 8.38. The minimum Gasteiger partial charge on any atom is -0.285 e. The monoisotopic (exact) mass is 105 g/mol. The Hall–Kier alpha value is -1.23. The topological polar surface area (TPSA) is 28.7 Å². The molecular weight excluding hydrogens is 100 g/mol. The van der Waals surface area contributed by atoms with Gasteiger partial charge in [0.05, 0.1) is 6.20 Å². The summed E-state index contributed by atoms with van der Waals surface area (Å²) >= 11 is 0. The maximum absolute atomic E-state index is 6.59. The molecule has 1 radical (unpaired) electrons. The lowest BCUT2D eigenvalue weighted by molar-refractivity contribution is 1.09. The van der Waals surface area contributed by atoms with E-state index < -0.39 is 0 Å². The van der Waals surface area contributed by atoms with Gasteiger partial charge in [0.25, 0.3) is 0 Å². The van der Waals surface area contributed by atoms with Crippen molar-refractivity contribution < 1.29 is 0 Å². The Morgan fingerprint density at radius 1 is 1.88 bits per heavy atom. The van der Waals surface area contributed by atoms with Crippen molar-refractivity contribution >= 4 is 0 Å². The Morgan fingerprint density at radius 3 is 3.25 bits per heavy atom. The average Bonchev–Trinajstić information content (AvgIpc) is 2.19. The van der Waals surface area contributed by atoms with E-state index in [0.29, 0.717) is 6.42 Å². The summed E-state index contributed by atoms with van der Waals surface area (Å²) in [5.74, 6) is 2.26. The van der Waals surface area contributed by atoms with Crippen LogP contribution in [0.2, 0.25) is 0 Å². The van der Waals surface area contributed by atoms with Crippen molar-refractivity contribution in [2.75, 3.05) is 0 Å². The van der Waals surface area contributed by atoms with Gasteiger partial charge in [-0.3, -0.25) is 5.10 Å². The van der Waals surface area contributed by atoms with Gasteiger partial charge < -0.3 is 0 Å². The summed E-state index contributed by atoms with van der Waals surface area (Å²) in [6.07, 6.45) is 10.6. The molecule has 0 bridgehead atoms. The predicted octanol–water partition coefficient (Wildman–Crippen LogP) is 0.542. The Kier molecular flexibility index (Phi) is 1.34. The van der Waals surface area contributed by atoms with Crippen LogP contribution in [-0.4, -0.2) is 10.2 Å². The van der Waals surface area contributed by atoms with Crippen LogP contribution in [0.1, 0.15) is 5.56 Å². The number of nitrogens with one attached hydrogen (secondary N) is 1. The Morgan fingerprint density at radius 2 is 2.75 bits per heavy atom. The molecule has 0 amide bonds. The van der Waals surface area contributed by atoms with Crippen LogP contribution in [0.15, 0.2) is 12.4 Å². The summed E-state index contributed by atoms with van der Waals surface area (Å²) in [5.41, 5.74) is 1.00. The van der Waals surface area contributed by atoms with E-state index in [9.17, 15) is 0 Å². The minimum atomic E-state index is 0.552. The maximum atomic E-state index is 6.59. The first-order chi connectivity index (χ1) is 3.93. The third kappa shape index (κ3) is 0.881. The van der Waals surface area contributed by atoms with Crippen molar-refractivity contribution in [3.8, 4) is 5.92 Å². The van der Waals surface area contributed by atoms with Crippen LogP contribution in [0, 0.1) is 12.3 Å². The van der Waals surface area contributed by atoms with Crippen LogP contribution in [0.25, 0.3) is 0 Å². The van der Waals surface area contributed by atoms with Crippen molar-refractivity contribution in [3.63, 3.8) is 0 Å². The highest BCUT2D eigenvalue weighted by molar-refractivity contribution is 5.08. The number of aromatic amines is 1. The Balaban J connectivity index is 2.67. The van der Waals surface area contributed by atoms with Crippen LogP contribution < -0.4 is 0 Å². The lowest BCUT2D eigenvalue weighted by Crippen LogP contribution is -1.71. The fourth-order valence-corrected chi connectivity index (χ4v) is 0.476. The number of hydrogen-bond acceptors (Lipinski definition) is 1. The Labute approximate surface area is 47.9 Å². The molecule has 8 heavy (non-hydrogen) atoms. The molecule has 1 N–H and O–H groups in total. The maximum Gasteiger partial charge on any atom is 0.0528 e. The minimum absolute atomic E-state index is 0.552. The second-order valence-corrected chi connectivity index (χ2v) is 1.46. The molecule has 0 aliphatic rings. The SMILES string of the molecule is [C]#CCc1cn[nH]c1. The number of H-pyrrole nitrogens is 1. The van der Waals surface area contributed by atoms with Crippen LogP contribution in [-0.2, 0) is 6.42 Å². The number of hydrogen-bond donors (Lipinski definition) is 1. The summed E-state index contributed by atoms with van der Waals surface area (Å²) in [7, 11) is 0. The highest BCUT2D eigenvalue weighted by Crippen LogP contribution is 1.91. The van der Waals surface area contributed by atoms with Crippen molar-refractivity contribution in [1.82, 2.24) is 10.2 Å². The fraction of sp³-hybridized carbons (Fsp3) is 0.167. The van der Waals surface area contributed by atoms with E-state index in [1.54, 1.807) is 12.4 Å². The summed E-state index contributed by atoms with van der Waals surface area (Å²) in [4.78, 5) is 0. The van der Waals surface area contributed by atoms with Crippen molar-refractivity contribution in [2.45, 2.75) is 6.42 Å². The molecular formula is C6H5N2. The molecule has 2 nitrogen and oxygen atoms in total. The third-order valence-electron chi connectivity index (χ3n) is 0.847. The summed E-state index contributed by atoms with van der Waals surface area (Å²) in [6, 6.07) is 0. The smallest absolute Gasteiger partial charge is 0.0528 e. The summed E-state index contributed by atoms with van der Waals surface area (Å²) in [6.45, 7) is 0. The van der Waals surface area contributed by atoms with Crippen LogP contribution in [0.3, 0.4) is 0 Å². The van der Waals surface area contributed by atoms with Crippen LogP contribution in [0.4, 0.5) is 0 Å². The first-order valence-electron chi connectivity index (χ1n) is 2.30. The van der Waals surface area contributed by atoms with Crippen molar-refractivity contribution in [3.05, 3.63) is 24.4 Å². The predicted molar refractivity (Wildman–Crippen MR) is 29.4 cm³/mol. The van der Waals surface area contributed by atoms with Crippen molar-refractivity contribution in [2.24, 2.45) is 0 Å². The van der Waals surface area contributed by atoms with E-state index in [4.69, 9.17) is 6.42 Å². The lowest BCUT2D eigenvalue weighted by atomic mass is 10.3. The molecule has 0 fully saturated rings. The third-order valence-corrected chi connectivity index (χ3v) is 0.847. The average molecular weight is 105 g/mol. The second-order valence-electron chi connectivity index (χ2n) is 1.46. The van der Waals surface area contributed by atoms with Gasteiger partial charge in [0.2, 0.25) is 0 Å². The highest BCUT2D eigenvalue weighted by atomic mass is 15.1. The molecule has 0 aliphatic carbocycles. The van der Waals surface area contributed by atoms with E-state index in [0.717, 1.165) is 5.56 Å². The molecule has 0 atom stereocenters. The zero-order valence-corrected chi connectivity index (χ0v) is 4.31. The first-order valence-corrected chi connectivity index (χ1v) is 2.30. The number of rotatable bonds is 1. The number of nitrogens with zero attached hydrogens (tertiary/aromatic N) is 1. The largest absolute Gasteiger partial charge is 0.285 e. The van der Waals surface area contributed by atoms with Crippen molar-refractivity contribution in [1.29, 1.82) is 0 Å². The van der Waals surface area contributed by atoms with E-state index in [2.05, 4.69) is 16.1 Å². The van der Waals surface area contributed by atoms with E-state index in [1.165, 1.54) is 0 Å². The molecule has 1 rings (SSSR count). The summed E-state index contributed by atoms with van der Waals surface area (Å²) < 4.78 is 0. The molecule has 0 saturated carbocycles. The molecule has 2 heteroatoms. The van der Waals surface area contributed by atoms with E-state index in [-0.39, 0.29) is 0 Å². The molecule has 0 aliphatic heterocycles. The molecule has 39 valence electrons. The quantitative estimate of drug-likeness (QED) is 0.519. The van der Waals surface area contributed by atoms with Gasteiger partial charge in [-0.05, 0) is 6.42 Å². The summed E-state index contributed by atoms with van der Waals surface area (Å²) in [5, 5.41) is 6.33. The van der Waals surface area contributed by atoms with Gasteiger partial charge in [-0.25, -0.2) is 0 Å². The lowest BCUT2D eigenvalue weighted by Gasteiger charge is -1.76. The zero-order chi connectivity index (χ0) is 5.82. The van der Waals surface area contributed by atoms with Gasteiger partial charge in [-0.15, -0.1) is 0 Å². The zero-order valence-electron chi connectivity index (χ0n) is 4.31. The van der Waals surface area contributed by atoms with E-state index >= 15 is 0 Å². The number of aromatic nitrogens is 2. The standard InChI is InChI=1S/C6H5N2/c1-2-3-6-4-7-8-5-6/h4-5H,3H2,(H,7,8). The van der Waals surface area contributed by atoms with Gasteiger partial charge in [-0.2, -0.15) is 5.10 Å². The van der Waals surface area contributed by atoms with Gasteiger partial charge in [0, 0.05) is 18.2 Å². The molecule has 0 spiro atoms. The molecule has 1 aromatic rings.